The number of nitrogen functional groups attached to an aromatic ring is 1. The summed E-state index contributed by atoms with van der Waals surface area (Å²) in [6.07, 6.45) is -4.58. The second-order valence-corrected chi connectivity index (χ2v) is 11.7. The van der Waals surface area contributed by atoms with E-state index in [9.17, 15) is 24.1 Å². The van der Waals surface area contributed by atoms with Gasteiger partial charge in [0.2, 0.25) is 0 Å². The van der Waals surface area contributed by atoms with E-state index in [1.54, 1.807) is 27.7 Å². The van der Waals surface area contributed by atoms with Crippen LogP contribution in [0.2, 0.25) is 0 Å². The Morgan fingerprint density at radius 1 is 1.15 bits per heavy atom. The van der Waals surface area contributed by atoms with Gasteiger partial charge in [-0.1, -0.05) is 0 Å². The number of hydrogen-bond donors (Lipinski definition) is 4. The van der Waals surface area contributed by atoms with Crippen LogP contribution in [0.1, 0.15) is 54.7 Å². The average Bonchev–Trinajstić information content (AvgIpc) is 2.97. The highest BCUT2D eigenvalue weighted by Gasteiger charge is 2.65. The Balaban J connectivity index is 2.32. The van der Waals surface area contributed by atoms with Gasteiger partial charge in [-0.05, 0) is 54.5 Å². The van der Waals surface area contributed by atoms with Gasteiger partial charge in [0, 0.05) is 6.20 Å². The fourth-order valence-corrected chi connectivity index (χ4v) is 5.35. The number of hydrogen-bond acceptors (Lipinski definition) is 11. The van der Waals surface area contributed by atoms with E-state index in [-0.39, 0.29) is 5.82 Å². The average molecular weight is 584 g/mol. The zero-order valence-corrected chi connectivity index (χ0v) is 23.6. The second kappa shape index (κ2) is 12.4. The van der Waals surface area contributed by atoms with Gasteiger partial charge in [0.1, 0.15) is 24.5 Å². The zero-order chi connectivity index (χ0) is 29.9. The van der Waals surface area contributed by atoms with E-state index in [0.717, 1.165) is 19.2 Å². The van der Waals surface area contributed by atoms with Crippen molar-refractivity contribution in [1.29, 1.82) is 0 Å². The number of alkyl halides is 2. The molecule has 0 amide bonds. The summed E-state index contributed by atoms with van der Waals surface area (Å²) >= 11 is 0. The van der Waals surface area contributed by atoms with Gasteiger partial charge in [-0.15, -0.1) is 0 Å². The van der Waals surface area contributed by atoms with Gasteiger partial charge in [-0.3, -0.25) is 23.2 Å². The Morgan fingerprint density at radius 3 is 2.08 bits per heavy atom. The van der Waals surface area contributed by atoms with Crippen LogP contribution in [0.15, 0.2) is 17.1 Å². The standard InChI is InChI=1S/C22H36F2N5O9P/c1-11(2)36-16(30)13(5)27-39(34,28-14(6)17(31)37-12(3)4)35-10-22(24)18(32)21(7,23)19(38-22)29-9-8-15(25)26-20(29)33/h8-9,11-14,18-19,32H,10H2,1-7H3,(H2,25,26,33)(H2,27,28,34)/t13-,14-,18-,19+,21+,22+/m0/s1. The van der Waals surface area contributed by atoms with Crippen LogP contribution in [0.5, 0.6) is 0 Å². The van der Waals surface area contributed by atoms with Crippen molar-refractivity contribution in [2.45, 2.75) is 96.6 Å². The van der Waals surface area contributed by atoms with Crippen molar-refractivity contribution in [2.24, 2.45) is 0 Å². The monoisotopic (exact) mass is 583 g/mol. The first kappa shape index (κ1) is 32.7. The summed E-state index contributed by atoms with van der Waals surface area (Å²) < 4.78 is 66.1. The molecule has 1 aliphatic rings. The first-order valence-electron chi connectivity index (χ1n) is 12.1. The number of halogens is 2. The van der Waals surface area contributed by atoms with Crippen LogP contribution in [-0.4, -0.2) is 75.1 Å². The molecular formula is C22H36F2N5O9P. The highest BCUT2D eigenvalue weighted by molar-refractivity contribution is 7.54. The Hall–Kier alpha value is -2.49. The van der Waals surface area contributed by atoms with Gasteiger partial charge < -0.3 is 25.1 Å². The Kier molecular flexibility index (Phi) is 10.4. The number of nitrogens with one attached hydrogen (secondary N) is 2. The fraction of sp³-hybridized carbons (Fsp3) is 0.727. The molecule has 0 unspecified atom stereocenters. The van der Waals surface area contributed by atoms with Crippen LogP contribution < -0.4 is 21.6 Å². The Morgan fingerprint density at radius 2 is 1.64 bits per heavy atom. The third kappa shape index (κ3) is 8.02. The molecule has 0 bridgehead atoms. The lowest BCUT2D eigenvalue weighted by Crippen LogP contribution is -2.48. The second-order valence-electron chi connectivity index (χ2n) is 9.85. The summed E-state index contributed by atoms with van der Waals surface area (Å²) in [6, 6.07) is -1.44. The molecule has 1 aromatic rings. The molecule has 222 valence electrons. The number of nitrogens with zero attached hydrogens (tertiary/aromatic N) is 2. The van der Waals surface area contributed by atoms with Crippen molar-refractivity contribution in [2.75, 3.05) is 12.3 Å². The van der Waals surface area contributed by atoms with Crippen molar-refractivity contribution in [3.8, 4) is 0 Å². The van der Waals surface area contributed by atoms with Crippen molar-refractivity contribution in [1.82, 2.24) is 19.7 Å². The molecule has 1 saturated heterocycles. The van der Waals surface area contributed by atoms with Gasteiger partial charge in [0.05, 0.1) is 12.2 Å². The van der Waals surface area contributed by atoms with E-state index in [4.69, 9.17) is 24.5 Å². The lowest BCUT2D eigenvalue weighted by molar-refractivity contribution is -0.203. The Labute approximate surface area is 224 Å². The van der Waals surface area contributed by atoms with Crippen LogP contribution in [0, 0.1) is 0 Å². The number of carbonyl (C=O) groups excluding carboxylic acids is 2. The smallest absolute Gasteiger partial charge is 0.351 e. The van der Waals surface area contributed by atoms with Crippen LogP contribution in [0.3, 0.4) is 0 Å². The van der Waals surface area contributed by atoms with Gasteiger partial charge in [-0.2, -0.15) is 4.98 Å². The van der Waals surface area contributed by atoms with Gasteiger partial charge in [0.15, 0.2) is 18.0 Å². The molecule has 1 aromatic heterocycles. The molecule has 0 radical (unpaired) electrons. The SMILES string of the molecule is CC(C)OC(=O)[C@H](C)NP(=O)(N[C@@H](C)C(=O)OC(C)C)OC[C@@]1(F)O[C@@H](n2ccc(N)nc2=O)[C@](C)(F)[C@@H]1O. The normalized spacial score (nSPS) is 27.0. The number of aliphatic hydroxyl groups excluding tert-OH is 1. The molecule has 6 atom stereocenters. The number of esters is 2. The minimum absolute atomic E-state index is 0.182. The van der Waals surface area contributed by atoms with E-state index >= 15 is 8.78 Å². The number of nitrogens with two attached hydrogens (primary N) is 1. The van der Waals surface area contributed by atoms with Crippen LogP contribution in [0.25, 0.3) is 0 Å². The molecule has 0 aliphatic carbocycles. The summed E-state index contributed by atoms with van der Waals surface area (Å²) in [4.78, 5) is 40.2. The number of aromatic nitrogens is 2. The summed E-state index contributed by atoms with van der Waals surface area (Å²) in [5.74, 6) is -5.21. The van der Waals surface area contributed by atoms with Crippen molar-refractivity contribution < 1.29 is 46.8 Å². The first-order valence-corrected chi connectivity index (χ1v) is 13.7. The molecular weight excluding hydrogens is 547 g/mol. The number of aliphatic hydroxyl groups is 1. The summed E-state index contributed by atoms with van der Waals surface area (Å²) in [5, 5.41) is 15.2. The van der Waals surface area contributed by atoms with E-state index in [1.165, 1.54) is 13.8 Å². The molecule has 1 aliphatic heterocycles. The fourth-order valence-electron chi connectivity index (χ4n) is 3.54. The Bertz CT molecular complexity index is 1120. The van der Waals surface area contributed by atoms with Gasteiger partial charge in [0.25, 0.3) is 5.85 Å². The predicted octanol–water partition coefficient (Wildman–Crippen LogP) is 1.09. The van der Waals surface area contributed by atoms with E-state index < -0.39 is 80.1 Å². The third-order valence-electron chi connectivity index (χ3n) is 5.42. The molecule has 0 saturated carbocycles. The van der Waals surface area contributed by atoms with E-state index in [0.29, 0.717) is 4.57 Å². The topological polar surface area (TPSA) is 193 Å². The van der Waals surface area contributed by atoms with Crippen LogP contribution in [0.4, 0.5) is 14.6 Å². The van der Waals surface area contributed by atoms with Crippen LogP contribution >= 0.6 is 7.67 Å². The van der Waals surface area contributed by atoms with Crippen molar-refractivity contribution in [3.05, 3.63) is 22.7 Å². The van der Waals surface area contributed by atoms with Crippen molar-refractivity contribution in [3.63, 3.8) is 0 Å². The number of carbonyl (C=O) groups is 2. The highest BCUT2D eigenvalue weighted by atomic mass is 31.2. The summed E-state index contributed by atoms with van der Waals surface area (Å²) in [7, 11) is -4.55. The minimum atomic E-state index is -4.55. The number of rotatable bonds is 12. The first-order chi connectivity index (χ1) is 17.8. The highest BCUT2D eigenvalue weighted by Crippen LogP contribution is 2.49. The summed E-state index contributed by atoms with van der Waals surface area (Å²) in [6.45, 7) is 8.32. The maximum atomic E-state index is 15.9. The van der Waals surface area contributed by atoms with Gasteiger partial charge >= 0.3 is 25.3 Å². The third-order valence-corrected chi connectivity index (χ3v) is 7.37. The zero-order valence-electron chi connectivity index (χ0n) is 22.7. The molecule has 14 nitrogen and oxygen atoms in total. The molecule has 0 spiro atoms. The molecule has 2 rings (SSSR count). The molecule has 1 fully saturated rings. The van der Waals surface area contributed by atoms with E-state index in [1.807, 2.05) is 0 Å². The molecule has 5 N–H and O–H groups in total. The van der Waals surface area contributed by atoms with Crippen LogP contribution in [-0.2, 0) is 32.9 Å². The molecule has 2 heterocycles. The molecule has 0 aromatic carbocycles. The predicted molar refractivity (Wildman–Crippen MR) is 134 cm³/mol. The number of ether oxygens (including phenoxy) is 3. The minimum Gasteiger partial charge on any atom is -0.462 e. The largest absolute Gasteiger partial charge is 0.462 e. The lowest BCUT2D eigenvalue weighted by Gasteiger charge is -2.30. The maximum absolute atomic E-state index is 15.9. The quantitative estimate of drug-likeness (QED) is 0.202. The molecule has 17 heteroatoms. The lowest BCUT2D eigenvalue weighted by atomic mass is 9.97. The maximum Gasteiger partial charge on any atom is 0.351 e. The van der Waals surface area contributed by atoms with Crippen molar-refractivity contribution >= 4 is 25.4 Å². The number of anilines is 1. The van der Waals surface area contributed by atoms with Gasteiger partial charge in [-0.25, -0.2) is 23.7 Å². The van der Waals surface area contributed by atoms with E-state index in [2.05, 4.69) is 15.2 Å². The summed E-state index contributed by atoms with van der Waals surface area (Å²) in [5.41, 5.74) is 1.46. The molecule has 39 heavy (non-hydrogen) atoms.